The number of nitrogens with two attached hydrogens (primary N) is 1. The first-order valence-corrected chi connectivity index (χ1v) is 13.3. The first-order chi connectivity index (χ1) is 19.9. The summed E-state index contributed by atoms with van der Waals surface area (Å²) in [5, 5.41) is 26.3. The number of carboxylic acid groups (broad SMARTS) is 1. The van der Waals surface area contributed by atoms with Crippen LogP contribution in [0, 0.1) is 11.2 Å². The summed E-state index contributed by atoms with van der Waals surface area (Å²) in [6.07, 6.45) is 1.52. The number of hydrogen-bond donors (Lipinski definition) is 3. The molecule has 3 aromatic heterocycles. The number of rotatable bonds is 7. The van der Waals surface area contributed by atoms with Gasteiger partial charge in [-0.25, -0.2) is 14.4 Å². The van der Waals surface area contributed by atoms with Gasteiger partial charge in [-0.3, -0.25) is 19.0 Å². The fourth-order valence-electron chi connectivity index (χ4n) is 5.06. The minimum absolute atomic E-state index is 0.0297. The molecule has 1 atom stereocenters. The number of benzene rings is 2. The van der Waals surface area contributed by atoms with Gasteiger partial charge in [0, 0.05) is 22.2 Å². The van der Waals surface area contributed by atoms with E-state index in [1.54, 1.807) is 61.9 Å². The Bertz CT molecular complexity index is 1920. The third-order valence-electron chi connectivity index (χ3n) is 7.51. The molecule has 0 fully saturated rings. The van der Waals surface area contributed by atoms with E-state index in [1.165, 1.54) is 16.9 Å². The lowest BCUT2D eigenvalue weighted by Gasteiger charge is -2.20. The summed E-state index contributed by atoms with van der Waals surface area (Å²) in [5.41, 5.74) is 6.00. The van der Waals surface area contributed by atoms with E-state index in [-0.39, 0.29) is 42.1 Å². The van der Waals surface area contributed by atoms with E-state index < -0.39 is 22.7 Å². The highest BCUT2D eigenvalue weighted by Gasteiger charge is 2.50. The molecule has 0 saturated carbocycles. The summed E-state index contributed by atoms with van der Waals surface area (Å²) >= 11 is 6.28. The lowest BCUT2D eigenvalue weighted by molar-refractivity contribution is -0.147. The van der Waals surface area contributed by atoms with Crippen LogP contribution < -0.4 is 11.1 Å². The topological polar surface area (TPSA) is 167 Å². The van der Waals surface area contributed by atoms with E-state index in [4.69, 9.17) is 22.4 Å². The van der Waals surface area contributed by atoms with Crippen molar-refractivity contribution in [2.24, 2.45) is 5.41 Å². The van der Waals surface area contributed by atoms with E-state index in [2.05, 4.69) is 25.6 Å². The zero-order chi connectivity index (χ0) is 30.0. The third kappa shape index (κ3) is 4.33. The van der Waals surface area contributed by atoms with Crippen molar-refractivity contribution in [3.05, 3.63) is 76.3 Å². The van der Waals surface area contributed by atoms with Gasteiger partial charge in [0.2, 0.25) is 5.91 Å². The minimum Gasteiger partial charge on any atom is -0.481 e. The lowest BCUT2D eigenvalue weighted by Crippen LogP contribution is -2.33. The summed E-state index contributed by atoms with van der Waals surface area (Å²) in [4.78, 5) is 34.1. The monoisotopic (exact) mass is 589 g/mol. The predicted octanol–water partition coefficient (Wildman–Crippen LogP) is 3.88. The molecule has 14 heteroatoms. The van der Waals surface area contributed by atoms with Crippen LogP contribution in [-0.2, 0) is 28.1 Å². The smallest absolute Gasteiger partial charge is 0.310 e. The SMILES string of the molecule is CC(C)(Cn1cc(C2(C)C(=O)Nc3nc(-c4nn(Cc5ccccc5F)c5cc(Cl)ccc45)nc(N)c32)nn1)C(=O)O. The fourth-order valence-corrected chi connectivity index (χ4v) is 5.22. The molecular formula is C28H25ClFN9O3. The second-order valence-electron chi connectivity index (χ2n) is 11.0. The molecule has 0 saturated heterocycles. The second-order valence-corrected chi connectivity index (χ2v) is 11.4. The highest BCUT2D eigenvalue weighted by atomic mass is 35.5. The molecule has 6 rings (SSSR count). The number of hydrogen-bond acceptors (Lipinski definition) is 8. The van der Waals surface area contributed by atoms with Crippen LogP contribution >= 0.6 is 11.6 Å². The van der Waals surface area contributed by atoms with Gasteiger partial charge in [0.15, 0.2) is 5.82 Å². The number of nitrogens with zero attached hydrogens (tertiary/aromatic N) is 7. The number of anilines is 2. The second kappa shape index (κ2) is 9.58. The average Bonchev–Trinajstić information content (AvgIpc) is 3.60. The first kappa shape index (κ1) is 27.3. The molecule has 4 heterocycles. The van der Waals surface area contributed by atoms with Gasteiger partial charge in [-0.2, -0.15) is 5.10 Å². The quantitative estimate of drug-likeness (QED) is 0.255. The zero-order valence-corrected chi connectivity index (χ0v) is 23.5. The summed E-state index contributed by atoms with van der Waals surface area (Å²) in [6, 6.07) is 11.6. The normalized spacial score (nSPS) is 16.5. The molecule has 42 heavy (non-hydrogen) atoms. The van der Waals surface area contributed by atoms with Gasteiger partial charge in [-0.1, -0.05) is 35.0 Å². The van der Waals surface area contributed by atoms with Crippen molar-refractivity contribution in [2.45, 2.75) is 39.3 Å². The van der Waals surface area contributed by atoms with E-state index in [1.807, 2.05) is 0 Å². The molecule has 0 aliphatic carbocycles. The first-order valence-electron chi connectivity index (χ1n) is 12.9. The summed E-state index contributed by atoms with van der Waals surface area (Å²) in [6.45, 7) is 4.94. The van der Waals surface area contributed by atoms with E-state index in [9.17, 15) is 19.1 Å². The van der Waals surface area contributed by atoms with Crippen molar-refractivity contribution >= 4 is 46.0 Å². The Morgan fingerprint density at radius 1 is 1.21 bits per heavy atom. The Balaban J connectivity index is 1.42. The van der Waals surface area contributed by atoms with Gasteiger partial charge in [-0.05, 0) is 45.0 Å². The summed E-state index contributed by atoms with van der Waals surface area (Å²) in [5.74, 6) is -1.43. The van der Waals surface area contributed by atoms with Gasteiger partial charge >= 0.3 is 5.97 Å². The van der Waals surface area contributed by atoms with Crippen molar-refractivity contribution in [3.63, 3.8) is 0 Å². The van der Waals surface area contributed by atoms with E-state index in [0.29, 0.717) is 32.7 Å². The van der Waals surface area contributed by atoms with Gasteiger partial charge < -0.3 is 16.2 Å². The van der Waals surface area contributed by atoms with Crippen molar-refractivity contribution < 1.29 is 19.1 Å². The Labute approximate surface area is 243 Å². The fraction of sp³-hybridized carbons (Fsp3) is 0.250. The lowest BCUT2D eigenvalue weighted by atomic mass is 9.81. The third-order valence-corrected chi connectivity index (χ3v) is 7.75. The van der Waals surface area contributed by atoms with Crippen LogP contribution in [0.2, 0.25) is 5.02 Å². The number of aliphatic carboxylic acids is 1. The summed E-state index contributed by atoms with van der Waals surface area (Å²) in [7, 11) is 0. The highest BCUT2D eigenvalue weighted by molar-refractivity contribution is 6.31. The number of carbonyl (C=O) groups excluding carboxylic acids is 1. The van der Waals surface area contributed by atoms with Crippen LogP contribution in [0.5, 0.6) is 0 Å². The molecule has 1 aliphatic rings. The molecule has 2 aromatic carbocycles. The number of aromatic nitrogens is 7. The molecule has 1 amide bonds. The molecule has 0 radical (unpaired) electrons. The maximum atomic E-state index is 14.5. The number of nitrogen functional groups attached to an aromatic ring is 1. The van der Waals surface area contributed by atoms with Crippen LogP contribution in [-0.4, -0.2) is 51.7 Å². The maximum absolute atomic E-state index is 14.5. The zero-order valence-electron chi connectivity index (χ0n) is 22.8. The molecule has 1 aliphatic heterocycles. The summed E-state index contributed by atoms with van der Waals surface area (Å²) < 4.78 is 17.5. The Hall–Kier alpha value is -4.91. The van der Waals surface area contributed by atoms with Crippen LogP contribution in [0.4, 0.5) is 16.0 Å². The molecule has 12 nitrogen and oxygen atoms in total. The maximum Gasteiger partial charge on any atom is 0.310 e. The van der Waals surface area contributed by atoms with Gasteiger partial charge in [0.25, 0.3) is 0 Å². The van der Waals surface area contributed by atoms with Gasteiger partial charge in [0.05, 0.1) is 29.6 Å². The van der Waals surface area contributed by atoms with Crippen LogP contribution in [0.3, 0.4) is 0 Å². The Morgan fingerprint density at radius 3 is 2.71 bits per heavy atom. The molecule has 4 N–H and O–H groups in total. The number of halogens is 2. The van der Waals surface area contributed by atoms with Crippen molar-refractivity contribution in [1.82, 2.24) is 34.7 Å². The Morgan fingerprint density at radius 2 is 1.98 bits per heavy atom. The number of carboxylic acids is 1. The van der Waals surface area contributed by atoms with Crippen LogP contribution in [0.1, 0.15) is 37.6 Å². The molecule has 1 unspecified atom stereocenters. The minimum atomic E-state index is -1.39. The Kier molecular flexibility index (Phi) is 6.22. The number of fused-ring (bicyclic) bond motifs is 2. The number of nitrogens with one attached hydrogen (secondary N) is 1. The largest absolute Gasteiger partial charge is 0.481 e. The molecular weight excluding hydrogens is 565 g/mol. The van der Waals surface area contributed by atoms with Crippen LogP contribution in [0.25, 0.3) is 22.4 Å². The molecule has 0 bridgehead atoms. The van der Waals surface area contributed by atoms with E-state index >= 15 is 0 Å². The highest BCUT2D eigenvalue weighted by Crippen LogP contribution is 2.44. The average molecular weight is 590 g/mol. The standard InChI is InChI=1S/C28H25ClFN9O3/c1-27(2,26(41)42)13-38-12-19(35-37-38)28(3)20-22(31)32-24(33-23(20)34-25(28)40)21-16-9-8-15(29)10-18(16)39(36-21)11-14-6-4-5-7-17(14)30/h4-10,12H,11,13H2,1-3H3,(H,41,42)(H3,31,32,33,34,40). The van der Waals surface area contributed by atoms with Crippen molar-refractivity contribution in [2.75, 3.05) is 11.1 Å². The molecule has 5 aromatic rings. The molecule has 214 valence electrons. The predicted molar refractivity (Wildman–Crippen MR) is 152 cm³/mol. The van der Waals surface area contributed by atoms with Crippen molar-refractivity contribution in [3.8, 4) is 11.5 Å². The molecule has 0 spiro atoms. The number of amides is 1. The van der Waals surface area contributed by atoms with Crippen molar-refractivity contribution in [1.29, 1.82) is 0 Å². The van der Waals surface area contributed by atoms with Gasteiger partial charge in [-0.15, -0.1) is 5.10 Å². The van der Waals surface area contributed by atoms with Crippen LogP contribution in [0.15, 0.2) is 48.7 Å². The van der Waals surface area contributed by atoms with E-state index in [0.717, 1.165) is 0 Å². The number of carbonyl (C=O) groups is 2. The van der Waals surface area contributed by atoms with Gasteiger partial charge in [0.1, 0.15) is 34.3 Å².